The summed E-state index contributed by atoms with van der Waals surface area (Å²) in [6.45, 7) is 8.51. The van der Waals surface area contributed by atoms with Crippen LogP contribution in [-0.4, -0.2) is 53.8 Å². The van der Waals surface area contributed by atoms with Gasteiger partial charge >= 0.3 is 12.0 Å². The van der Waals surface area contributed by atoms with Gasteiger partial charge < -0.3 is 20.1 Å². The van der Waals surface area contributed by atoms with E-state index in [0.29, 0.717) is 6.54 Å². The molecular weight excluding hydrogens is 248 g/mol. The van der Waals surface area contributed by atoms with Gasteiger partial charge in [-0.1, -0.05) is 6.92 Å². The van der Waals surface area contributed by atoms with Crippen LogP contribution in [0.1, 0.15) is 34.1 Å². The van der Waals surface area contributed by atoms with E-state index in [1.807, 2.05) is 20.8 Å². The molecule has 0 spiro atoms. The van der Waals surface area contributed by atoms with Gasteiger partial charge in [0.25, 0.3) is 0 Å². The molecule has 0 aromatic heterocycles. The number of hydrogen-bond donors (Lipinski definition) is 2. The summed E-state index contributed by atoms with van der Waals surface area (Å²) in [4.78, 5) is 25.2. The standard InChI is InChI=1S/C13H24N2O4/c1-5-6-15(9(2)3)12(18)14-10-7-19-8-13(10,4)11(16)17/h9-10H,5-8H2,1-4H3,(H,14,18)(H,16,17). The largest absolute Gasteiger partial charge is 0.481 e. The highest BCUT2D eigenvalue weighted by atomic mass is 16.5. The molecule has 0 aromatic carbocycles. The first-order chi connectivity index (χ1) is 8.82. The number of aliphatic carboxylic acids is 1. The van der Waals surface area contributed by atoms with E-state index in [2.05, 4.69) is 5.32 Å². The van der Waals surface area contributed by atoms with E-state index in [9.17, 15) is 14.7 Å². The Hall–Kier alpha value is -1.30. The molecule has 110 valence electrons. The predicted molar refractivity (Wildman–Crippen MR) is 71.0 cm³/mol. The summed E-state index contributed by atoms with van der Waals surface area (Å²) in [7, 11) is 0. The first-order valence-electron chi connectivity index (χ1n) is 6.71. The van der Waals surface area contributed by atoms with Gasteiger partial charge in [0.1, 0.15) is 5.41 Å². The van der Waals surface area contributed by atoms with Crippen molar-refractivity contribution < 1.29 is 19.4 Å². The zero-order valence-electron chi connectivity index (χ0n) is 12.1. The number of carbonyl (C=O) groups is 2. The van der Waals surface area contributed by atoms with Crippen molar-refractivity contribution in [3.05, 3.63) is 0 Å². The summed E-state index contributed by atoms with van der Waals surface area (Å²) in [5.41, 5.74) is -1.05. The van der Waals surface area contributed by atoms with Crippen molar-refractivity contribution in [1.29, 1.82) is 0 Å². The molecule has 2 N–H and O–H groups in total. The van der Waals surface area contributed by atoms with Gasteiger partial charge in [-0.3, -0.25) is 4.79 Å². The third kappa shape index (κ3) is 3.37. The Morgan fingerprint density at radius 1 is 1.53 bits per heavy atom. The molecule has 2 amide bonds. The van der Waals surface area contributed by atoms with E-state index in [4.69, 9.17) is 4.74 Å². The average molecular weight is 272 g/mol. The van der Waals surface area contributed by atoms with Gasteiger partial charge in [0.15, 0.2) is 0 Å². The fourth-order valence-electron chi connectivity index (χ4n) is 2.15. The third-order valence-electron chi connectivity index (χ3n) is 3.59. The zero-order chi connectivity index (χ0) is 14.6. The maximum atomic E-state index is 12.2. The fraction of sp³-hybridized carbons (Fsp3) is 0.846. The SMILES string of the molecule is CCCN(C(=O)NC1COCC1(C)C(=O)O)C(C)C. The lowest BCUT2D eigenvalue weighted by Gasteiger charge is -2.31. The van der Waals surface area contributed by atoms with Crippen LogP contribution in [0, 0.1) is 5.41 Å². The van der Waals surface area contributed by atoms with E-state index in [-0.39, 0.29) is 25.3 Å². The first kappa shape index (κ1) is 15.8. The molecule has 1 rings (SSSR count). The molecule has 19 heavy (non-hydrogen) atoms. The third-order valence-corrected chi connectivity index (χ3v) is 3.59. The van der Waals surface area contributed by atoms with Gasteiger partial charge in [-0.15, -0.1) is 0 Å². The second-order valence-corrected chi connectivity index (χ2v) is 5.53. The molecule has 1 saturated heterocycles. The van der Waals surface area contributed by atoms with Crippen LogP contribution in [0.3, 0.4) is 0 Å². The van der Waals surface area contributed by atoms with Crippen molar-refractivity contribution >= 4 is 12.0 Å². The number of hydrogen-bond acceptors (Lipinski definition) is 3. The molecule has 0 aromatic rings. The number of carboxylic acid groups (broad SMARTS) is 1. The zero-order valence-corrected chi connectivity index (χ0v) is 12.1. The second kappa shape index (κ2) is 6.23. The Labute approximate surface area is 114 Å². The van der Waals surface area contributed by atoms with Crippen molar-refractivity contribution in [2.24, 2.45) is 5.41 Å². The van der Waals surface area contributed by atoms with Crippen LogP contribution < -0.4 is 5.32 Å². The smallest absolute Gasteiger partial charge is 0.317 e. The highest BCUT2D eigenvalue weighted by molar-refractivity contribution is 5.79. The van der Waals surface area contributed by atoms with E-state index in [0.717, 1.165) is 6.42 Å². The van der Waals surface area contributed by atoms with Crippen molar-refractivity contribution in [2.75, 3.05) is 19.8 Å². The van der Waals surface area contributed by atoms with Gasteiger partial charge in [0.2, 0.25) is 0 Å². The highest BCUT2D eigenvalue weighted by Gasteiger charge is 2.47. The van der Waals surface area contributed by atoms with Crippen LogP contribution in [0.25, 0.3) is 0 Å². The Morgan fingerprint density at radius 2 is 2.16 bits per heavy atom. The van der Waals surface area contributed by atoms with Gasteiger partial charge in [-0.05, 0) is 27.2 Å². The van der Waals surface area contributed by atoms with Crippen molar-refractivity contribution in [2.45, 2.75) is 46.2 Å². The van der Waals surface area contributed by atoms with E-state index in [1.54, 1.807) is 11.8 Å². The number of nitrogens with zero attached hydrogens (tertiary/aromatic N) is 1. The number of carbonyl (C=O) groups excluding carboxylic acids is 1. The Morgan fingerprint density at radius 3 is 2.63 bits per heavy atom. The van der Waals surface area contributed by atoms with Crippen molar-refractivity contribution in [3.63, 3.8) is 0 Å². The van der Waals surface area contributed by atoms with Crippen LogP contribution in [0.5, 0.6) is 0 Å². The molecule has 1 aliphatic heterocycles. The van der Waals surface area contributed by atoms with Crippen LogP contribution in [0.15, 0.2) is 0 Å². The Kier molecular flexibility index (Phi) is 5.17. The summed E-state index contributed by atoms with van der Waals surface area (Å²) < 4.78 is 5.22. The maximum absolute atomic E-state index is 12.2. The number of amides is 2. The van der Waals surface area contributed by atoms with Gasteiger partial charge in [-0.25, -0.2) is 4.79 Å². The molecule has 0 saturated carbocycles. The molecule has 6 nitrogen and oxygen atoms in total. The van der Waals surface area contributed by atoms with Crippen molar-refractivity contribution in [1.82, 2.24) is 10.2 Å². The quantitative estimate of drug-likeness (QED) is 0.791. The minimum Gasteiger partial charge on any atom is -0.481 e. The number of urea groups is 1. The van der Waals surface area contributed by atoms with E-state index >= 15 is 0 Å². The van der Waals surface area contributed by atoms with Gasteiger partial charge in [-0.2, -0.15) is 0 Å². The van der Waals surface area contributed by atoms with Gasteiger partial charge in [0.05, 0.1) is 19.3 Å². The molecule has 0 radical (unpaired) electrons. The average Bonchev–Trinajstić information content (AvgIpc) is 2.68. The molecule has 6 heteroatoms. The topological polar surface area (TPSA) is 78.9 Å². The molecule has 0 aliphatic carbocycles. The second-order valence-electron chi connectivity index (χ2n) is 5.53. The monoisotopic (exact) mass is 272 g/mol. The lowest BCUT2D eigenvalue weighted by Crippen LogP contribution is -2.54. The Balaban J connectivity index is 2.72. The summed E-state index contributed by atoms with van der Waals surface area (Å²) >= 11 is 0. The summed E-state index contributed by atoms with van der Waals surface area (Å²) in [5.74, 6) is -0.943. The van der Waals surface area contributed by atoms with Crippen LogP contribution in [-0.2, 0) is 9.53 Å². The Bertz CT molecular complexity index is 346. The molecule has 2 atom stereocenters. The first-order valence-corrected chi connectivity index (χ1v) is 6.71. The number of nitrogens with one attached hydrogen (secondary N) is 1. The highest BCUT2D eigenvalue weighted by Crippen LogP contribution is 2.28. The fourth-order valence-corrected chi connectivity index (χ4v) is 2.15. The minimum atomic E-state index is -1.05. The molecule has 1 fully saturated rings. The van der Waals surface area contributed by atoms with E-state index in [1.165, 1.54) is 0 Å². The number of carboxylic acids is 1. The van der Waals surface area contributed by atoms with Gasteiger partial charge in [0, 0.05) is 12.6 Å². The summed E-state index contributed by atoms with van der Waals surface area (Å²) in [6.07, 6.45) is 0.864. The van der Waals surface area contributed by atoms with Crippen LogP contribution in [0.2, 0.25) is 0 Å². The van der Waals surface area contributed by atoms with Crippen molar-refractivity contribution in [3.8, 4) is 0 Å². The molecular formula is C13H24N2O4. The number of rotatable bonds is 5. The normalized spacial score (nSPS) is 26.5. The molecule has 1 aliphatic rings. The molecule has 0 bridgehead atoms. The summed E-state index contributed by atoms with van der Waals surface area (Å²) in [5, 5.41) is 12.1. The molecule has 1 heterocycles. The summed E-state index contributed by atoms with van der Waals surface area (Å²) in [6, 6.07) is -0.631. The molecule has 2 unspecified atom stereocenters. The number of ether oxygens (including phenoxy) is 1. The van der Waals surface area contributed by atoms with Crippen LogP contribution in [0.4, 0.5) is 4.79 Å². The van der Waals surface area contributed by atoms with E-state index < -0.39 is 17.4 Å². The van der Waals surface area contributed by atoms with Crippen LogP contribution >= 0.6 is 0 Å². The lowest BCUT2D eigenvalue weighted by atomic mass is 9.85. The maximum Gasteiger partial charge on any atom is 0.317 e. The lowest BCUT2D eigenvalue weighted by molar-refractivity contribution is -0.148. The predicted octanol–water partition coefficient (Wildman–Crippen LogP) is 1.31. The minimum absolute atomic E-state index is 0.0818.